The molecular formula is C16H23N5O4. The van der Waals surface area contributed by atoms with Gasteiger partial charge in [0.15, 0.2) is 5.82 Å². The second-order valence-corrected chi connectivity index (χ2v) is 6.01. The minimum atomic E-state index is -0.0414. The Morgan fingerprint density at radius 2 is 2.36 bits per heavy atom. The van der Waals surface area contributed by atoms with Crippen LogP contribution in [0, 0.1) is 0 Å². The number of aromatic nitrogens is 4. The maximum absolute atomic E-state index is 12.6. The number of carbonyl (C=O) groups excluding carboxylic acids is 1. The molecule has 1 atom stereocenters. The monoisotopic (exact) mass is 349 g/mol. The summed E-state index contributed by atoms with van der Waals surface area (Å²) in [5, 5.41) is 7.94. The summed E-state index contributed by atoms with van der Waals surface area (Å²) in [4.78, 5) is 18.6. The summed E-state index contributed by atoms with van der Waals surface area (Å²) in [5.41, 5.74) is 0.584. The fraction of sp³-hybridized carbons (Fsp3) is 0.625. The molecule has 1 aliphatic heterocycles. The average Bonchev–Trinajstić information content (AvgIpc) is 3.26. The van der Waals surface area contributed by atoms with Crippen molar-refractivity contribution in [2.24, 2.45) is 7.05 Å². The lowest BCUT2D eigenvalue weighted by Gasteiger charge is -2.32. The van der Waals surface area contributed by atoms with Gasteiger partial charge in [-0.15, -0.1) is 0 Å². The van der Waals surface area contributed by atoms with Gasteiger partial charge in [0.25, 0.3) is 11.8 Å². The summed E-state index contributed by atoms with van der Waals surface area (Å²) in [6, 6.07) is 1.73. The lowest BCUT2D eigenvalue weighted by Crippen LogP contribution is -2.43. The molecule has 9 heteroatoms. The molecule has 2 aromatic heterocycles. The summed E-state index contributed by atoms with van der Waals surface area (Å²) >= 11 is 0. The van der Waals surface area contributed by atoms with Crippen LogP contribution in [-0.2, 0) is 29.5 Å². The van der Waals surface area contributed by atoms with Crippen molar-refractivity contribution < 1.29 is 18.8 Å². The summed E-state index contributed by atoms with van der Waals surface area (Å²) in [6.07, 6.45) is 4.00. The molecule has 25 heavy (non-hydrogen) atoms. The van der Waals surface area contributed by atoms with Crippen LogP contribution in [-0.4, -0.2) is 63.6 Å². The molecule has 1 amide bonds. The summed E-state index contributed by atoms with van der Waals surface area (Å²) in [5.74, 6) is 1.03. The molecule has 0 bridgehead atoms. The van der Waals surface area contributed by atoms with Crippen LogP contribution in [0.1, 0.15) is 35.0 Å². The van der Waals surface area contributed by atoms with Gasteiger partial charge in [0.05, 0.1) is 12.7 Å². The minimum absolute atomic E-state index is 0.0204. The van der Waals surface area contributed by atoms with Gasteiger partial charge in [-0.2, -0.15) is 10.1 Å². The van der Waals surface area contributed by atoms with Crippen molar-refractivity contribution in [2.75, 3.05) is 26.8 Å². The molecule has 1 saturated heterocycles. The smallest absolute Gasteiger partial charge is 0.272 e. The molecule has 0 aromatic carbocycles. The van der Waals surface area contributed by atoms with Gasteiger partial charge in [0.2, 0.25) is 0 Å². The van der Waals surface area contributed by atoms with Crippen molar-refractivity contribution in [3.05, 3.63) is 29.7 Å². The standard InChI is InChI=1S/C16H23N5O4/c1-20-13(5-7-17-20)16(22)21-8-3-4-12(10-21)24-11-15-18-14(19-25-15)6-9-23-2/h5,7,12H,3-4,6,8-11H2,1-2H3. The van der Waals surface area contributed by atoms with E-state index < -0.39 is 0 Å². The van der Waals surface area contributed by atoms with Gasteiger partial charge >= 0.3 is 0 Å². The van der Waals surface area contributed by atoms with Gasteiger partial charge < -0.3 is 18.9 Å². The van der Waals surface area contributed by atoms with E-state index in [1.807, 2.05) is 4.90 Å². The van der Waals surface area contributed by atoms with E-state index in [1.54, 1.807) is 31.1 Å². The van der Waals surface area contributed by atoms with Crippen LogP contribution in [0.4, 0.5) is 0 Å². The quantitative estimate of drug-likeness (QED) is 0.730. The Morgan fingerprint density at radius 1 is 1.48 bits per heavy atom. The highest BCUT2D eigenvalue weighted by Gasteiger charge is 2.26. The van der Waals surface area contributed by atoms with Gasteiger partial charge in [-0.3, -0.25) is 9.48 Å². The molecular weight excluding hydrogens is 326 g/mol. The molecule has 0 spiro atoms. The Morgan fingerprint density at radius 3 is 3.12 bits per heavy atom. The van der Waals surface area contributed by atoms with E-state index >= 15 is 0 Å². The number of rotatable bonds is 7. The largest absolute Gasteiger partial charge is 0.384 e. The molecule has 0 radical (unpaired) electrons. The number of aryl methyl sites for hydroxylation is 1. The number of ether oxygens (including phenoxy) is 2. The van der Waals surface area contributed by atoms with Crippen LogP contribution < -0.4 is 0 Å². The first-order valence-electron chi connectivity index (χ1n) is 8.36. The molecule has 0 saturated carbocycles. The topological polar surface area (TPSA) is 95.5 Å². The number of nitrogens with zero attached hydrogens (tertiary/aromatic N) is 5. The van der Waals surface area contributed by atoms with E-state index in [1.165, 1.54) is 0 Å². The Kier molecular flexibility index (Phi) is 5.77. The molecule has 9 nitrogen and oxygen atoms in total. The number of likely N-dealkylation sites (tertiary alicyclic amines) is 1. The first-order valence-corrected chi connectivity index (χ1v) is 8.36. The van der Waals surface area contributed by atoms with Crippen molar-refractivity contribution >= 4 is 5.91 Å². The predicted octanol–water partition coefficient (Wildman–Crippen LogP) is 0.813. The molecule has 1 aliphatic rings. The maximum atomic E-state index is 12.6. The number of piperidine rings is 1. The first kappa shape index (κ1) is 17.6. The van der Waals surface area contributed by atoms with Gasteiger partial charge in [0, 0.05) is 39.9 Å². The molecule has 0 aliphatic carbocycles. The number of hydrogen-bond acceptors (Lipinski definition) is 7. The maximum Gasteiger partial charge on any atom is 0.272 e. The molecule has 0 N–H and O–H groups in total. The minimum Gasteiger partial charge on any atom is -0.384 e. The molecule has 136 valence electrons. The van der Waals surface area contributed by atoms with E-state index in [0.717, 1.165) is 19.4 Å². The summed E-state index contributed by atoms with van der Waals surface area (Å²) in [7, 11) is 3.40. The molecule has 1 fully saturated rings. The third kappa shape index (κ3) is 4.43. The highest BCUT2D eigenvalue weighted by atomic mass is 16.5. The van der Waals surface area contributed by atoms with Crippen LogP contribution in [0.5, 0.6) is 0 Å². The molecule has 2 aromatic rings. The van der Waals surface area contributed by atoms with Gasteiger partial charge in [-0.1, -0.05) is 5.16 Å². The van der Waals surface area contributed by atoms with E-state index in [0.29, 0.717) is 37.0 Å². The van der Waals surface area contributed by atoms with E-state index in [-0.39, 0.29) is 18.6 Å². The Bertz CT molecular complexity index is 698. The highest BCUT2D eigenvalue weighted by molar-refractivity contribution is 5.92. The highest BCUT2D eigenvalue weighted by Crippen LogP contribution is 2.17. The van der Waals surface area contributed by atoms with Gasteiger partial charge in [-0.25, -0.2) is 0 Å². The molecule has 3 rings (SSSR count). The summed E-state index contributed by atoms with van der Waals surface area (Å²) < 4.78 is 17.6. The summed E-state index contributed by atoms with van der Waals surface area (Å²) in [6.45, 7) is 2.08. The van der Waals surface area contributed by atoms with Gasteiger partial charge in [0.1, 0.15) is 12.3 Å². The Labute approximate surface area is 145 Å². The fourth-order valence-electron chi connectivity index (χ4n) is 2.84. The Balaban J connectivity index is 1.51. The predicted molar refractivity (Wildman–Crippen MR) is 86.8 cm³/mol. The van der Waals surface area contributed by atoms with E-state index in [9.17, 15) is 4.79 Å². The van der Waals surface area contributed by atoms with Crippen LogP contribution in [0.2, 0.25) is 0 Å². The molecule has 1 unspecified atom stereocenters. The zero-order valence-corrected chi connectivity index (χ0v) is 14.6. The average molecular weight is 349 g/mol. The van der Waals surface area contributed by atoms with Crippen molar-refractivity contribution in [2.45, 2.75) is 32.0 Å². The second-order valence-electron chi connectivity index (χ2n) is 6.01. The third-order valence-corrected chi connectivity index (χ3v) is 4.19. The SMILES string of the molecule is COCCc1noc(COC2CCCN(C(=O)c3ccnn3C)C2)n1. The van der Waals surface area contributed by atoms with Crippen molar-refractivity contribution in [3.8, 4) is 0 Å². The van der Waals surface area contributed by atoms with Crippen LogP contribution in [0.3, 0.4) is 0 Å². The van der Waals surface area contributed by atoms with Gasteiger partial charge in [-0.05, 0) is 18.9 Å². The van der Waals surface area contributed by atoms with Crippen LogP contribution >= 0.6 is 0 Å². The fourth-order valence-corrected chi connectivity index (χ4v) is 2.84. The number of methoxy groups -OCH3 is 1. The van der Waals surface area contributed by atoms with Crippen molar-refractivity contribution in [3.63, 3.8) is 0 Å². The van der Waals surface area contributed by atoms with E-state index in [4.69, 9.17) is 14.0 Å². The first-order chi connectivity index (χ1) is 12.2. The number of amides is 1. The third-order valence-electron chi connectivity index (χ3n) is 4.19. The molecule has 3 heterocycles. The van der Waals surface area contributed by atoms with Crippen molar-refractivity contribution in [1.82, 2.24) is 24.8 Å². The normalized spacial score (nSPS) is 17.8. The second kappa shape index (κ2) is 8.21. The van der Waals surface area contributed by atoms with Crippen LogP contribution in [0.15, 0.2) is 16.8 Å². The lowest BCUT2D eigenvalue weighted by molar-refractivity contribution is -0.0156. The lowest BCUT2D eigenvalue weighted by atomic mass is 10.1. The van der Waals surface area contributed by atoms with Crippen molar-refractivity contribution in [1.29, 1.82) is 0 Å². The Hall–Kier alpha value is -2.26. The zero-order chi connectivity index (χ0) is 17.6. The number of carbonyl (C=O) groups is 1. The number of hydrogen-bond donors (Lipinski definition) is 0. The van der Waals surface area contributed by atoms with Crippen LogP contribution in [0.25, 0.3) is 0 Å². The van der Waals surface area contributed by atoms with E-state index in [2.05, 4.69) is 15.2 Å². The zero-order valence-electron chi connectivity index (χ0n) is 14.6.